The lowest BCUT2D eigenvalue weighted by Gasteiger charge is -0.413. The Balaban J connectivity index is 0. The Labute approximate surface area is 45.4 Å². The van der Waals surface area contributed by atoms with Crippen molar-refractivity contribution in [3.8, 4) is 0 Å². The quantitative estimate of drug-likeness (QED) is 0.296. The molecule has 0 aliphatic carbocycles. The van der Waals surface area contributed by atoms with Gasteiger partial charge in [-0.2, -0.15) is 0 Å². The third-order valence-corrected chi connectivity index (χ3v) is 0. The van der Waals surface area contributed by atoms with Crippen molar-refractivity contribution < 1.29 is 11.0 Å². The summed E-state index contributed by atoms with van der Waals surface area (Å²) in [5.74, 6) is 0. The first-order valence-corrected chi connectivity index (χ1v) is 0. The summed E-state index contributed by atoms with van der Waals surface area (Å²) in [5.41, 5.74) is 0. The smallest absolute Gasteiger partial charge is 0 e. The second kappa shape index (κ2) is 40.3. The van der Waals surface area contributed by atoms with Gasteiger partial charge in [0.1, 0.15) is 0 Å². The van der Waals surface area contributed by atoms with E-state index in [0.29, 0.717) is 0 Å². The Morgan fingerprint density at radius 2 is 0.750 bits per heavy atom. The van der Waals surface area contributed by atoms with Crippen molar-refractivity contribution in [2.24, 2.45) is 0 Å². The van der Waals surface area contributed by atoms with Gasteiger partial charge in [0.15, 0.2) is 0 Å². The van der Waals surface area contributed by atoms with Crippen molar-refractivity contribution >= 4 is 34.0 Å². The maximum Gasteiger partial charge on any atom is 0 e. The number of rotatable bonds is 0. The van der Waals surface area contributed by atoms with Crippen molar-refractivity contribution in [3.63, 3.8) is 0 Å². The van der Waals surface area contributed by atoms with Crippen molar-refractivity contribution in [3.05, 3.63) is 0 Å². The van der Waals surface area contributed by atoms with Gasteiger partial charge in [0.25, 0.3) is 0 Å². The molecule has 0 bridgehead atoms. The van der Waals surface area contributed by atoms with Gasteiger partial charge in [-0.1, -0.05) is 0 Å². The first-order valence-electron chi connectivity index (χ1n) is 0. The largest absolute Gasteiger partial charge is 0.412 e. The fourth-order valence-electron chi connectivity index (χ4n) is 0. The predicted molar refractivity (Wildman–Crippen MR) is 18.7 cm³/mol. The van der Waals surface area contributed by atoms with Crippen LogP contribution < -0.4 is 0 Å². The Morgan fingerprint density at radius 3 is 0.750 bits per heavy atom. The monoisotopic (exact) mass is 88.0 g/mol. The molecule has 0 unspecified atom stereocenters. The van der Waals surface area contributed by atoms with Crippen LogP contribution in [0.4, 0.5) is 0 Å². The van der Waals surface area contributed by atoms with Crippen LogP contribution >= 0.6 is 0 Å². The van der Waals surface area contributed by atoms with Gasteiger partial charge < -0.3 is 11.0 Å². The van der Waals surface area contributed by atoms with Crippen LogP contribution in [0.5, 0.6) is 0 Å². The highest BCUT2D eigenvalue weighted by atomic mass is 28.1. The SMILES string of the molecule is O.O.[Mg].[Si]. The van der Waals surface area contributed by atoms with Gasteiger partial charge in [-0.15, -0.1) is 0 Å². The van der Waals surface area contributed by atoms with Crippen LogP contribution in [0.2, 0.25) is 0 Å². The minimum absolute atomic E-state index is 0. The Bertz CT molecular complexity index is 6.00. The summed E-state index contributed by atoms with van der Waals surface area (Å²) in [5, 5.41) is 0. The Kier molecular flexibility index (Phi) is 923. The van der Waals surface area contributed by atoms with E-state index in [1.165, 1.54) is 0 Å². The molecule has 0 aromatic heterocycles. The van der Waals surface area contributed by atoms with E-state index in [9.17, 15) is 0 Å². The summed E-state index contributed by atoms with van der Waals surface area (Å²) >= 11 is 0. The molecule has 0 saturated carbocycles. The van der Waals surface area contributed by atoms with Crippen molar-refractivity contribution in [2.75, 3.05) is 0 Å². The molecule has 4 heteroatoms. The summed E-state index contributed by atoms with van der Waals surface area (Å²) in [7, 11) is 0. The van der Waals surface area contributed by atoms with E-state index in [0.717, 1.165) is 0 Å². The lowest BCUT2D eigenvalue weighted by atomic mass is 16.0. The molecule has 0 heterocycles. The molecule has 0 aromatic carbocycles. The van der Waals surface area contributed by atoms with Gasteiger partial charge in [-0.05, 0) is 0 Å². The summed E-state index contributed by atoms with van der Waals surface area (Å²) in [4.78, 5) is 0. The summed E-state index contributed by atoms with van der Waals surface area (Å²) in [6, 6.07) is 0. The lowest BCUT2D eigenvalue weighted by molar-refractivity contribution is 0.823. The van der Waals surface area contributed by atoms with Crippen LogP contribution in [0.25, 0.3) is 0 Å². The Morgan fingerprint density at radius 1 is 0.750 bits per heavy atom. The zero-order chi connectivity index (χ0) is 0. The average Bonchev–Trinajstić information content (AvgIpc) is 0. The molecule has 0 aliphatic rings. The summed E-state index contributed by atoms with van der Waals surface area (Å²) < 4.78 is 0. The van der Waals surface area contributed by atoms with Gasteiger partial charge >= 0.3 is 0 Å². The fraction of sp³-hybridized carbons (Fsp3) is 0. The lowest BCUT2D eigenvalue weighted by Crippen LogP contribution is -0.382. The molecule has 0 rings (SSSR count). The fourth-order valence-corrected chi connectivity index (χ4v) is 0. The van der Waals surface area contributed by atoms with E-state index in [1.54, 1.807) is 0 Å². The molecule has 2 nitrogen and oxygen atoms in total. The third kappa shape index (κ3) is 12.9. The van der Waals surface area contributed by atoms with Crippen LogP contribution in [0.15, 0.2) is 0 Å². The van der Waals surface area contributed by atoms with Crippen LogP contribution in [0.3, 0.4) is 0 Å². The van der Waals surface area contributed by atoms with Gasteiger partial charge in [0.2, 0.25) is 0 Å². The molecule has 4 heavy (non-hydrogen) atoms. The Hall–Kier alpha value is 0.903. The van der Waals surface area contributed by atoms with Gasteiger partial charge in [-0.25, -0.2) is 0 Å². The van der Waals surface area contributed by atoms with Gasteiger partial charge in [-0.3, -0.25) is 0 Å². The summed E-state index contributed by atoms with van der Waals surface area (Å²) in [6.45, 7) is 0. The average molecular weight is 88.4 g/mol. The topological polar surface area (TPSA) is 63.0 Å². The zero-order valence-corrected chi connectivity index (χ0v) is 4.62. The maximum absolute atomic E-state index is 0. The van der Waals surface area contributed by atoms with E-state index in [2.05, 4.69) is 0 Å². The van der Waals surface area contributed by atoms with Gasteiger partial charge in [0.05, 0.1) is 0 Å². The predicted octanol–water partition coefficient (Wildman–Crippen LogP) is -2.41. The van der Waals surface area contributed by atoms with E-state index in [4.69, 9.17) is 0 Å². The van der Waals surface area contributed by atoms with Crippen LogP contribution in [-0.4, -0.2) is 45.0 Å². The molecule has 0 aliphatic heterocycles. The molecule has 0 saturated heterocycles. The van der Waals surface area contributed by atoms with Gasteiger partial charge in [0, 0.05) is 34.0 Å². The van der Waals surface area contributed by atoms with E-state index in [1.807, 2.05) is 0 Å². The molecule has 22 valence electrons. The van der Waals surface area contributed by atoms with Crippen molar-refractivity contribution in [2.45, 2.75) is 0 Å². The first-order chi connectivity index (χ1) is 0. The molecule has 0 fully saturated rings. The highest BCUT2D eigenvalue weighted by molar-refractivity contribution is 5.76. The molecule has 0 atom stereocenters. The van der Waals surface area contributed by atoms with Crippen molar-refractivity contribution in [1.82, 2.24) is 0 Å². The zero-order valence-electron chi connectivity index (χ0n) is 2.21. The molecule has 0 aromatic rings. The molecular formula is H4MgO2Si. The highest BCUT2D eigenvalue weighted by Gasteiger charge is 0.00101. The van der Waals surface area contributed by atoms with Crippen LogP contribution in [0.1, 0.15) is 0 Å². The molecule has 0 spiro atoms. The first kappa shape index (κ1) is 91.6. The second-order valence-corrected chi connectivity index (χ2v) is 0. The minimum atomic E-state index is 0. The molecule has 6 radical (unpaired) electrons. The van der Waals surface area contributed by atoms with E-state index >= 15 is 0 Å². The molecular weight excluding hydrogens is 84.4 g/mol. The standard InChI is InChI=1S/Mg.2H2O.Si/h;2*1H2;. The second-order valence-electron chi connectivity index (χ2n) is 0. The minimum Gasteiger partial charge on any atom is -0.412 e. The van der Waals surface area contributed by atoms with E-state index in [-0.39, 0.29) is 45.0 Å². The summed E-state index contributed by atoms with van der Waals surface area (Å²) in [6.07, 6.45) is 0. The third-order valence-electron chi connectivity index (χ3n) is 0. The normalized spacial score (nSPS) is 0. The van der Waals surface area contributed by atoms with Crippen molar-refractivity contribution in [1.29, 1.82) is 0 Å². The van der Waals surface area contributed by atoms with Crippen LogP contribution in [0, 0.1) is 0 Å². The number of hydrogen-bond acceptors (Lipinski definition) is 0. The number of hydrogen-bond donors (Lipinski definition) is 0. The van der Waals surface area contributed by atoms with Crippen LogP contribution in [-0.2, 0) is 0 Å². The molecule has 4 N–H and O–H groups in total. The molecule has 0 amide bonds. The van der Waals surface area contributed by atoms with E-state index < -0.39 is 0 Å². The highest BCUT2D eigenvalue weighted by Crippen LogP contribution is -0.288. The maximum atomic E-state index is 0.